The summed E-state index contributed by atoms with van der Waals surface area (Å²) < 4.78 is 5.75. The maximum Gasteiger partial charge on any atom is 0.255 e. The molecule has 1 aliphatic rings. The van der Waals surface area contributed by atoms with Crippen LogP contribution in [-0.4, -0.2) is 28.5 Å². The molecule has 0 spiro atoms. The van der Waals surface area contributed by atoms with Crippen LogP contribution in [0.25, 0.3) is 0 Å². The van der Waals surface area contributed by atoms with Crippen LogP contribution in [0.4, 0.5) is 0 Å². The van der Waals surface area contributed by atoms with Crippen LogP contribution in [0, 0.1) is 0 Å². The molecule has 2 aromatic rings. The van der Waals surface area contributed by atoms with Gasteiger partial charge in [0.2, 0.25) is 0 Å². The molecule has 0 aliphatic carbocycles. The molecule has 0 bridgehead atoms. The highest BCUT2D eigenvalue weighted by molar-refractivity contribution is 8.00. The molecule has 3 rings (SSSR count). The summed E-state index contributed by atoms with van der Waals surface area (Å²) in [6.07, 6.45) is 0. The Balaban J connectivity index is 1.59. The maximum absolute atomic E-state index is 11.3. The minimum Gasteiger partial charge on any atom is -0.489 e. The molecule has 1 unspecified atom stereocenters. The Hall–Kier alpha value is -1.98. The van der Waals surface area contributed by atoms with E-state index in [4.69, 9.17) is 4.74 Å². The summed E-state index contributed by atoms with van der Waals surface area (Å²) in [5, 5.41) is 10.4. The van der Waals surface area contributed by atoms with Crippen LogP contribution in [0.5, 0.6) is 5.75 Å². The van der Waals surface area contributed by atoms with E-state index in [0.717, 1.165) is 21.9 Å². The van der Waals surface area contributed by atoms with Gasteiger partial charge in [-0.05, 0) is 23.3 Å². The summed E-state index contributed by atoms with van der Waals surface area (Å²) in [4.78, 5) is 11.3. The first kappa shape index (κ1) is 14.9. The number of hydrogen-bond acceptors (Lipinski definition) is 4. The first-order valence-electron chi connectivity index (χ1n) is 7.10. The molecular weight excluding hydrogens is 298 g/mol. The summed E-state index contributed by atoms with van der Waals surface area (Å²) in [7, 11) is 0. The van der Waals surface area contributed by atoms with E-state index in [1.807, 2.05) is 54.6 Å². The van der Waals surface area contributed by atoms with Gasteiger partial charge in [0.25, 0.3) is 5.91 Å². The van der Waals surface area contributed by atoms with Gasteiger partial charge in [0, 0.05) is 0 Å². The lowest BCUT2D eigenvalue weighted by atomic mass is 10.1. The predicted octanol–water partition coefficient (Wildman–Crippen LogP) is 3.27. The lowest BCUT2D eigenvalue weighted by Gasteiger charge is -2.27. The normalized spacial score (nSPS) is 18.3. The van der Waals surface area contributed by atoms with Crippen LogP contribution in [0.15, 0.2) is 54.6 Å². The van der Waals surface area contributed by atoms with E-state index in [1.165, 1.54) is 0 Å². The molecule has 5 heteroatoms. The Labute approximate surface area is 133 Å². The van der Waals surface area contributed by atoms with Gasteiger partial charge in [0.05, 0.1) is 17.5 Å². The highest BCUT2D eigenvalue weighted by Gasteiger charge is 2.26. The molecule has 1 N–H and O–H groups in total. The number of carbonyl (C=O) groups is 1. The molecule has 0 aromatic heterocycles. The number of nitrogens with zero attached hydrogens (tertiary/aromatic N) is 1. The van der Waals surface area contributed by atoms with Crippen LogP contribution in [0.3, 0.4) is 0 Å². The summed E-state index contributed by atoms with van der Waals surface area (Å²) in [6.45, 7) is 0.866. The van der Waals surface area contributed by atoms with Crippen molar-refractivity contribution in [3.05, 3.63) is 65.7 Å². The lowest BCUT2D eigenvalue weighted by molar-refractivity contribution is -0.163. The number of hydrogen-bond donors (Lipinski definition) is 1. The van der Waals surface area contributed by atoms with Crippen LogP contribution in [0.2, 0.25) is 0 Å². The van der Waals surface area contributed by atoms with Gasteiger partial charge in [-0.1, -0.05) is 42.5 Å². The largest absolute Gasteiger partial charge is 0.489 e. The smallest absolute Gasteiger partial charge is 0.255 e. The highest BCUT2D eigenvalue weighted by Crippen LogP contribution is 2.33. The first-order valence-corrected chi connectivity index (χ1v) is 8.15. The summed E-state index contributed by atoms with van der Waals surface area (Å²) in [5.74, 6) is 0.891. The van der Waals surface area contributed by atoms with E-state index in [2.05, 4.69) is 0 Å². The minimum atomic E-state index is -0.232. The monoisotopic (exact) mass is 315 g/mol. The van der Waals surface area contributed by atoms with Gasteiger partial charge in [0.1, 0.15) is 12.4 Å². The quantitative estimate of drug-likeness (QED) is 0.880. The molecule has 114 valence electrons. The maximum atomic E-state index is 11.3. The van der Waals surface area contributed by atoms with Crippen molar-refractivity contribution in [3.63, 3.8) is 0 Å². The SMILES string of the molecule is O=C1CSC(c2ccc(OCc3ccccc3)cc2)CN1O. The van der Waals surface area contributed by atoms with Gasteiger partial charge in [-0.2, -0.15) is 0 Å². The van der Waals surface area contributed by atoms with Gasteiger partial charge in [-0.3, -0.25) is 10.0 Å². The third kappa shape index (κ3) is 3.61. The van der Waals surface area contributed by atoms with Gasteiger partial charge in [-0.15, -0.1) is 11.8 Å². The van der Waals surface area contributed by atoms with Crippen molar-refractivity contribution in [1.82, 2.24) is 5.06 Å². The Morgan fingerprint density at radius 1 is 1.14 bits per heavy atom. The van der Waals surface area contributed by atoms with E-state index in [9.17, 15) is 10.0 Å². The Morgan fingerprint density at radius 3 is 2.55 bits per heavy atom. The third-order valence-corrected chi connectivity index (χ3v) is 4.77. The van der Waals surface area contributed by atoms with Crippen molar-refractivity contribution < 1.29 is 14.7 Å². The molecular formula is C17H17NO3S. The van der Waals surface area contributed by atoms with Crippen molar-refractivity contribution >= 4 is 17.7 Å². The number of hydroxylamine groups is 2. The topological polar surface area (TPSA) is 49.8 Å². The van der Waals surface area contributed by atoms with Gasteiger partial charge in [-0.25, -0.2) is 5.06 Å². The fourth-order valence-electron chi connectivity index (χ4n) is 2.28. The van der Waals surface area contributed by atoms with Gasteiger partial charge < -0.3 is 4.74 Å². The molecule has 1 aliphatic heterocycles. The second kappa shape index (κ2) is 6.85. The van der Waals surface area contributed by atoms with Crippen molar-refractivity contribution in [2.75, 3.05) is 12.3 Å². The van der Waals surface area contributed by atoms with E-state index >= 15 is 0 Å². The van der Waals surface area contributed by atoms with Crippen molar-refractivity contribution in [3.8, 4) is 5.75 Å². The molecule has 1 heterocycles. The zero-order valence-electron chi connectivity index (χ0n) is 12.0. The van der Waals surface area contributed by atoms with E-state index in [-0.39, 0.29) is 11.2 Å². The average molecular weight is 315 g/mol. The molecule has 2 aromatic carbocycles. The number of amides is 1. The fraction of sp³-hybridized carbons (Fsp3) is 0.235. The minimum absolute atomic E-state index is 0.103. The summed E-state index contributed by atoms with van der Waals surface area (Å²) in [6, 6.07) is 17.8. The first-order chi connectivity index (χ1) is 10.7. The molecule has 0 radical (unpaired) electrons. The fourth-order valence-corrected chi connectivity index (χ4v) is 3.37. The molecule has 1 atom stereocenters. The summed E-state index contributed by atoms with van der Waals surface area (Å²) >= 11 is 1.55. The summed E-state index contributed by atoms with van der Waals surface area (Å²) in [5.41, 5.74) is 2.22. The number of carbonyl (C=O) groups excluding carboxylic acids is 1. The van der Waals surface area contributed by atoms with Crippen molar-refractivity contribution in [2.24, 2.45) is 0 Å². The molecule has 1 amide bonds. The highest BCUT2D eigenvalue weighted by atomic mass is 32.2. The number of rotatable bonds is 4. The molecule has 1 fully saturated rings. The standard InChI is InChI=1S/C17H17NO3S/c19-17-12-22-16(10-18(17)20)14-6-8-15(9-7-14)21-11-13-4-2-1-3-5-13/h1-9,16,20H,10-12H2. The zero-order valence-corrected chi connectivity index (χ0v) is 12.8. The predicted molar refractivity (Wildman–Crippen MR) is 85.9 cm³/mol. The molecule has 4 nitrogen and oxygen atoms in total. The van der Waals surface area contributed by atoms with E-state index in [1.54, 1.807) is 11.8 Å². The number of thioether (sulfide) groups is 1. The van der Waals surface area contributed by atoms with E-state index in [0.29, 0.717) is 18.9 Å². The second-order valence-electron chi connectivity index (χ2n) is 5.12. The Kier molecular flexibility index (Phi) is 4.65. The third-order valence-electron chi connectivity index (χ3n) is 3.53. The zero-order chi connectivity index (χ0) is 15.4. The van der Waals surface area contributed by atoms with Crippen LogP contribution < -0.4 is 4.74 Å². The lowest BCUT2D eigenvalue weighted by Crippen LogP contribution is -2.36. The Bertz CT molecular complexity index is 630. The number of ether oxygens (including phenoxy) is 1. The van der Waals surface area contributed by atoms with Crippen molar-refractivity contribution in [2.45, 2.75) is 11.9 Å². The van der Waals surface area contributed by atoms with E-state index < -0.39 is 0 Å². The second-order valence-corrected chi connectivity index (χ2v) is 6.31. The van der Waals surface area contributed by atoms with Gasteiger partial charge in [0.15, 0.2) is 0 Å². The van der Waals surface area contributed by atoms with Crippen molar-refractivity contribution in [1.29, 1.82) is 0 Å². The van der Waals surface area contributed by atoms with Crippen LogP contribution in [-0.2, 0) is 11.4 Å². The molecule has 0 saturated carbocycles. The van der Waals surface area contributed by atoms with Gasteiger partial charge >= 0.3 is 0 Å². The molecule has 1 saturated heterocycles. The van der Waals surface area contributed by atoms with Crippen LogP contribution >= 0.6 is 11.8 Å². The average Bonchev–Trinajstić information content (AvgIpc) is 2.57. The Morgan fingerprint density at radius 2 is 1.86 bits per heavy atom. The number of benzene rings is 2. The molecule has 22 heavy (non-hydrogen) atoms. The van der Waals surface area contributed by atoms with Crippen LogP contribution in [0.1, 0.15) is 16.4 Å².